The number of esters is 2. The summed E-state index contributed by atoms with van der Waals surface area (Å²) in [5.41, 5.74) is 4.21. The lowest BCUT2D eigenvalue weighted by Crippen LogP contribution is -2.43. The van der Waals surface area contributed by atoms with Gasteiger partial charge in [0.2, 0.25) is 13.0 Å². The predicted molar refractivity (Wildman–Crippen MR) is 105 cm³/mol. The van der Waals surface area contributed by atoms with E-state index in [1.807, 2.05) is 0 Å². The zero-order valence-electron chi connectivity index (χ0n) is 17.7. The van der Waals surface area contributed by atoms with E-state index in [9.17, 15) is 37.7 Å². The van der Waals surface area contributed by atoms with Gasteiger partial charge in [-0.3, -0.25) is 13.9 Å². The van der Waals surface area contributed by atoms with E-state index in [2.05, 4.69) is 28.8 Å². The first-order valence-electron chi connectivity index (χ1n) is 9.50. The Morgan fingerprint density at radius 3 is 2.74 bits per heavy atom. The van der Waals surface area contributed by atoms with E-state index in [0.29, 0.717) is 11.1 Å². The Morgan fingerprint density at radius 1 is 1.38 bits per heavy atom. The van der Waals surface area contributed by atoms with Crippen molar-refractivity contribution in [2.75, 3.05) is 39.3 Å². The minimum absolute atomic E-state index is 0.00576. The molecule has 192 valence electrons. The van der Waals surface area contributed by atoms with Crippen molar-refractivity contribution in [2.24, 2.45) is 0 Å². The fraction of sp³-hybridized carbons (Fsp3) is 0.625. The monoisotopic (exact) mass is 516 g/mol. The van der Waals surface area contributed by atoms with Gasteiger partial charge in [-0.15, -0.1) is 0 Å². The second-order valence-corrected chi connectivity index (χ2v) is 8.18. The number of carbonyl (C=O) groups is 2. The lowest BCUT2D eigenvalue weighted by atomic mass is 10.1. The lowest BCUT2D eigenvalue weighted by Gasteiger charge is -2.21. The number of nitrogens with two attached hydrogens (primary N) is 1. The summed E-state index contributed by atoms with van der Waals surface area (Å²) in [6.07, 6.45) is -6.01. The Labute approximate surface area is 190 Å². The molecule has 0 saturated carbocycles. The van der Waals surface area contributed by atoms with Crippen molar-refractivity contribution in [2.45, 2.75) is 30.8 Å². The lowest BCUT2D eigenvalue weighted by molar-refractivity contribution is -0.168. The Balaban J connectivity index is 1.84. The molecule has 15 nitrogen and oxygen atoms in total. The molecule has 5 atom stereocenters. The number of halogens is 2. The van der Waals surface area contributed by atoms with Gasteiger partial charge in [-0.25, -0.2) is 27.5 Å². The summed E-state index contributed by atoms with van der Waals surface area (Å²) in [7, 11) is -3.40. The Hall–Kier alpha value is -2.53. The highest BCUT2D eigenvalue weighted by Gasteiger charge is 2.59. The number of ether oxygens (including phenoxy) is 3. The average Bonchev–Trinajstić information content (AvgIpc) is 2.98. The first-order chi connectivity index (χ1) is 15.9. The third kappa shape index (κ3) is 7.49. The SMILES string of the molecule is CNCCC(=O)OCC(=O)OCOP(=O)(O)OC[C@H]1O[C@@H](n2ccc(N)nc2=O)[C@H](F)[C@@]1(O)F. The maximum absolute atomic E-state index is 14.5. The van der Waals surface area contributed by atoms with Gasteiger partial charge >= 0.3 is 25.5 Å². The number of phosphoric acid groups is 1. The minimum Gasteiger partial charge on any atom is -0.454 e. The number of phosphoric ester groups is 1. The molecular weight excluding hydrogens is 493 g/mol. The van der Waals surface area contributed by atoms with E-state index in [1.54, 1.807) is 7.05 Å². The summed E-state index contributed by atoms with van der Waals surface area (Å²) in [5.74, 6) is -5.73. The van der Waals surface area contributed by atoms with Gasteiger partial charge < -0.3 is 35.3 Å². The van der Waals surface area contributed by atoms with Gasteiger partial charge in [-0.2, -0.15) is 4.98 Å². The molecule has 2 heterocycles. The zero-order valence-corrected chi connectivity index (χ0v) is 18.6. The quantitative estimate of drug-likeness (QED) is 0.142. The van der Waals surface area contributed by atoms with Gasteiger partial charge in [-0.05, 0) is 13.1 Å². The number of carbonyl (C=O) groups excluding carboxylic acids is 2. The summed E-state index contributed by atoms with van der Waals surface area (Å²) in [6, 6.07) is 1.10. The van der Waals surface area contributed by atoms with Gasteiger partial charge in [0, 0.05) is 12.7 Å². The summed E-state index contributed by atoms with van der Waals surface area (Å²) < 4.78 is 64.0. The van der Waals surface area contributed by atoms with Crippen LogP contribution in [0, 0.1) is 0 Å². The van der Waals surface area contributed by atoms with E-state index in [4.69, 9.17) is 10.5 Å². The summed E-state index contributed by atoms with van der Waals surface area (Å²) in [5, 5.41) is 12.5. The van der Waals surface area contributed by atoms with E-state index in [-0.39, 0.29) is 12.2 Å². The van der Waals surface area contributed by atoms with Crippen molar-refractivity contribution >= 4 is 25.6 Å². The highest BCUT2D eigenvalue weighted by molar-refractivity contribution is 7.47. The molecule has 0 aromatic carbocycles. The topological polar surface area (TPSA) is 211 Å². The van der Waals surface area contributed by atoms with Crippen molar-refractivity contribution in [3.63, 3.8) is 0 Å². The van der Waals surface area contributed by atoms with Gasteiger partial charge in [0.25, 0.3) is 5.85 Å². The molecule has 5 N–H and O–H groups in total. The average molecular weight is 516 g/mol. The first-order valence-corrected chi connectivity index (χ1v) is 11.0. The largest absolute Gasteiger partial charge is 0.475 e. The van der Waals surface area contributed by atoms with E-state index >= 15 is 0 Å². The Kier molecular flexibility index (Phi) is 9.57. The Bertz CT molecular complexity index is 979. The molecule has 1 fully saturated rings. The number of aliphatic hydroxyl groups is 1. The maximum Gasteiger partial charge on any atom is 0.475 e. The van der Waals surface area contributed by atoms with E-state index < -0.39 is 69.8 Å². The van der Waals surface area contributed by atoms with Crippen molar-refractivity contribution in [3.8, 4) is 0 Å². The number of nitrogen functional groups attached to an aromatic ring is 1. The van der Waals surface area contributed by atoms with E-state index in [1.165, 1.54) is 0 Å². The minimum atomic E-state index is -5.01. The van der Waals surface area contributed by atoms with Gasteiger partial charge in [0.05, 0.1) is 13.0 Å². The fourth-order valence-corrected chi connectivity index (χ4v) is 3.11. The molecule has 1 aliphatic rings. The van der Waals surface area contributed by atoms with Crippen LogP contribution < -0.4 is 16.7 Å². The van der Waals surface area contributed by atoms with Crippen LogP contribution in [0.25, 0.3) is 0 Å². The highest BCUT2D eigenvalue weighted by Crippen LogP contribution is 2.46. The second kappa shape index (κ2) is 11.7. The number of nitrogens with one attached hydrogen (secondary N) is 1. The molecular formula is C16H23F2N4O11P. The van der Waals surface area contributed by atoms with Crippen LogP contribution >= 0.6 is 7.82 Å². The van der Waals surface area contributed by atoms with Crippen LogP contribution in [-0.2, 0) is 37.4 Å². The smallest absolute Gasteiger partial charge is 0.454 e. The van der Waals surface area contributed by atoms with E-state index in [0.717, 1.165) is 12.3 Å². The molecule has 2 rings (SSSR count). The zero-order chi connectivity index (χ0) is 25.5. The van der Waals surface area contributed by atoms with Gasteiger partial charge in [-0.1, -0.05) is 0 Å². The molecule has 1 aromatic heterocycles. The predicted octanol–water partition coefficient (Wildman–Crippen LogP) is -1.49. The molecule has 0 spiro atoms. The van der Waals surface area contributed by atoms with Crippen molar-refractivity contribution in [1.82, 2.24) is 14.9 Å². The van der Waals surface area contributed by atoms with Crippen LogP contribution in [-0.4, -0.2) is 83.2 Å². The van der Waals surface area contributed by atoms with Gasteiger partial charge in [0.1, 0.15) is 11.9 Å². The number of alkyl halides is 2. The maximum atomic E-state index is 14.5. The van der Waals surface area contributed by atoms with Crippen molar-refractivity contribution < 1.29 is 56.2 Å². The summed E-state index contributed by atoms with van der Waals surface area (Å²) in [4.78, 5) is 47.4. The molecule has 18 heteroatoms. The Morgan fingerprint density at radius 2 is 2.09 bits per heavy atom. The van der Waals surface area contributed by atoms with Crippen LogP contribution in [0.15, 0.2) is 17.1 Å². The van der Waals surface area contributed by atoms with Crippen molar-refractivity contribution in [3.05, 3.63) is 22.7 Å². The first kappa shape index (κ1) is 27.7. The molecule has 0 aliphatic carbocycles. The summed E-state index contributed by atoms with van der Waals surface area (Å²) >= 11 is 0. The van der Waals surface area contributed by atoms with Crippen LogP contribution in [0.4, 0.5) is 14.6 Å². The molecule has 0 radical (unpaired) electrons. The van der Waals surface area contributed by atoms with Crippen LogP contribution in [0.5, 0.6) is 0 Å². The number of rotatable bonds is 12. The molecule has 1 aliphatic heterocycles. The standard InChI is InChI=1S/C16H23F2N4O11P/c1-20-4-2-11(23)29-7-12(24)30-8-32-34(27,28)31-6-9-16(18,26)13(17)14(33-9)22-5-3-10(19)21-15(22)25/h3,5,9,13-14,20,26H,2,4,6-8H2,1H3,(H,27,28)(H2,19,21,25)/t9-,13+,14-,16-/m1/s1. The molecule has 0 amide bonds. The van der Waals surface area contributed by atoms with Crippen LogP contribution in [0.2, 0.25) is 0 Å². The third-order valence-electron chi connectivity index (χ3n) is 4.27. The molecule has 34 heavy (non-hydrogen) atoms. The van der Waals surface area contributed by atoms with Crippen LogP contribution in [0.1, 0.15) is 12.6 Å². The van der Waals surface area contributed by atoms with Crippen molar-refractivity contribution in [1.29, 1.82) is 0 Å². The number of aromatic nitrogens is 2. The molecule has 1 unspecified atom stereocenters. The number of hydrogen-bond donors (Lipinski definition) is 4. The molecule has 1 aromatic rings. The van der Waals surface area contributed by atoms with Crippen LogP contribution in [0.3, 0.4) is 0 Å². The number of nitrogens with zero attached hydrogens (tertiary/aromatic N) is 2. The second-order valence-electron chi connectivity index (χ2n) is 6.73. The molecule has 1 saturated heterocycles. The third-order valence-corrected chi connectivity index (χ3v) is 5.18. The summed E-state index contributed by atoms with van der Waals surface area (Å²) in [6.45, 7) is -2.79. The normalized spacial score (nSPS) is 26.1. The number of anilines is 1. The number of hydrogen-bond acceptors (Lipinski definition) is 13. The fourth-order valence-electron chi connectivity index (χ4n) is 2.53. The molecule has 0 bridgehead atoms. The van der Waals surface area contributed by atoms with Gasteiger partial charge in [0.15, 0.2) is 12.8 Å². The highest BCUT2D eigenvalue weighted by atomic mass is 31.2.